The zero-order chi connectivity index (χ0) is 31.3. The Bertz CT molecular complexity index is 1020. The van der Waals surface area contributed by atoms with Crippen molar-refractivity contribution in [2.24, 2.45) is 5.92 Å². The molecule has 43 heavy (non-hydrogen) atoms. The molecule has 1 unspecified atom stereocenters. The average molecular weight is 604 g/mol. The molecule has 0 heterocycles. The third kappa shape index (κ3) is 14.7. The highest BCUT2D eigenvalue weighted by Gasteiger charge is 2.20. The molecule has 1 aromatic rings. The van der Waals surface area contributed by atoms with E-state index in [-0.39, 0.29) is 42.5 Å². The van der Waals surface area contributed by atoms with Crippen LogP contribution in [0.25, 0.3) is 0 Å². The number of ether oxygens (including phenoxy) is 2. The Hall–Kier alpha value is -3.19. The molecule has 1 saturated carbocycles. The van der Waals surface area contributed by atoms with Crippen molar-refractivity contribution in [3.8, 4) is 0 Å². The van der Waals surface area contributed by atoms with Crippen molar-refractivity contribution in [1.29, 1.82) is 0 Å². The number of carbonyl (C=O) groups excluding carboxylic acids is 5. The van der Waals surface area contributed by atoms with E-state index in [2.05, 4.69) is 21.3 Å². The quantitative estimate of drug-likeness (QED) is 0.115. The fraction of sp³-hybridized carbons (Fsp3) is 0.645. The maximum Gasteiger partial charge on any atom is 0.226 e. The van der Waals surface area contributed by atoms with Crippen molar-refractivity contribution in [2.75, 3.05) is 58.4 Å². The zero-order valence-electron chi connectivity index (χ0n) is 25.7. The molecule has 1 aliphatic rings. The molecule has 1 aromatic carbocycles. The monoisotopic (exact) mass is 603 g/mol. The minimum Gasteiger partial charge on any atom is -0.378 e. The molecule has 0 aromatic heterocycles. The van der Waals surface area contributed by atoms with Crippen molar-refractivity contribution in [2.45, 2.75) is 70.9 Å². The second-order valence-electron chi connectivity index (χ2n) is 10.9. The van der Waals surface area contributed by atoms with E-state index in [9.17, 15) is 24.0 Å². The standard InChI is InChI=1S/C31H49N5O7/c1-24(11-12-29(39)34-23-38)36(2)21-27-26(22-37)9-6-10-28(27)35-30(40)13-14-32-15-17-42-19-20-43-18-16-33-31(41)25-7-4-3-5-8-25/h6,9-10,22-25,32H,3-5,7-8,11-21H2,1-2H3,(H,33,41)(H,35,40)(H,34,38,39). The Morgan fingerprint density at radius 1 is 0.953 bits per heavy atom. The van der Waals surface area contributed by atoms with Gasteiger partial charge in [-0.25, -0.2) is 0 Å². The lowest BCUT2D eigenvalue weighted by atomic mass is 9.89. The van der Waals surface area contributed by atoms with Crippen LogP contribution in [0.15, 0.2) is 18.2 Å². The Kier molecular flexibility index (Phi) is 18.0. The summed E-state index contributed by atoms with van der Waals surface area (Å²) in [5.41, 5.74) is 1.76. The predicted molar refractivity (Wildman–Crippen MR) is 164 cm³/mol. The molecule has 2 rings (SSSR count). The SMILES string of the molecule is CC(CCC(=O)NC=O)N(C)Cc1c(C=O)cccc1NC(=O)CCNCCOCCOCCNC(=O)C1CCCCC1. The van der Waals surface area contributed by atoms with Crippen LogP contribution in [0.2, 0.25) is 0 Å². The minimum atomic E-state index is -0.339. The van der Waals surface area contributed by atoms with Gasteiger partial charge in [0.05, 0.1) is 26.4 Å². The van der Waals surface area contributed by atoms with Crippen LogP contribution in [0, 0.1) is 5.92 Å². The number of anilines is 1. The predicted octanol–water partition coefficient (Wildman–Crippen LogP) is 2.02. The Labute approximate surface area is 255 Å². The van der Waals surface area contributed by atoms with Gasteiger partial charge in [0, 0.05) is 67.8 Å². The number of rotatable bonds is 22. The molecule has 12 nitrogen and oxygen atoms in total. The molecule has 0 aliphatic heterocycles. The molecular formula is C31H49N5O7. The van der Waals surface area contributed by atoms with Crippen LogP contribution in [-0.2, 0) is 35.2 Å². The fourth-order valence-corrected chi connectivity index (χ4v) is 4.87. The van der Waals surface area contributed by atoms with Gasteiger partial charge in [0.25, 0.3) is 0 Å². The molecule has 4 N–H and O–H groups in total. The number of aldehydes is 1. The van der Waals surface area contributed by atoms with Gasteiger partial charge in [-0.15, -0.1) is 0 Å². The fourth-order valence-electron chi connectivity index (χ4n) is 4.87. The highest BCUT2D eigenvalue weighted by Crippen LogP contribution is 2.24. The number of benzene rings is 1. The maximum absolute atomic E-state index is 12.6. The van der Waals surface area contributed by atoms with E-state index in [1.165, 1.54) is 6.42 Å². The smallest absolute Gasteiger partial charge is 0.226 e. The van der Waals surface area contributed by atoms with Gasteiger partial charge >= 0.3 is 0 Å². The van der Waals surface area contributed by atoms with Gasteiger partial charge in [0.2, 0.25) is 24.1 Å². The second-order valence-corrected chi connectivity index (χ2v) is 10.9. The maximum atomic E-state index is 12.6. The topological polar surface area (TPSA) is 155 Å². The van der Waals surface area contributed by atoms with Crippen molar-refractivity contribution in [1.82, 2.24) is 20.9 Å². The Morgan fingerprint density at radius 3 is 2.37 bits per heavy atom. The summed E-state index contributed by atoms with van der Waals surface area (Å²) in [5, 5.41) is 11.2. The molecule has 1 atom stereocenters. The molecule has 4 amide bonds. The zero-order valence-corrected chi connectivity index (χ0v) is 25.7. The molecule has 0 radical (unpaired) electrons. The minimum absolute atomic E-state index is 0.00252. The summed E-state index contributed by atoms with van der Waals surface area (Å²) in [5.74, 6) is -0.215. The summed E-state index contributed by atoms with van der Waals surface area (Å²) in [4.78, 5) is 60.4. The third-order valence-corrected chi connectivity index (χ3v) is 7.63. The summed E-state index contributed by atoms with van der Waals surface area (Å²) >= 11 is 0. The first-order chi connectivity index (χ1) is 20.8. The van der Waals surface area contributed by atoms with Crippen LogP contribution in [0.4, 0.5) is 5.69 Å². The lowest BCUT2D eigenvalue weighted by Crippen LogP contribution is -2.34. The summed E-state index contributed by atoms with van der Waals surface area (Å²) < 4.78 is 11.1. The largest absolute Gasteiger partial charge is 0.378 e. The molecule has 1 aliphatic carbocycles. The van der Waals surface area contributed by atoms with Crippen molar-refractivity contribution >= 4 is 36.1 Å². The van der Waals surface area contributed by atoms with E-state index in [0.29, 0.717) is 82.3 Å². The molecular weight excluding hydrogens is 554 g/mol. The number of hydrogen-bond acceptors (Lipinski definition) is 9. The third-order valence-electron chi connectivity index (χ3n) is 7.63. The van der Waals surface area contributed by atoms with Crippen LogP contribution >= 0.6 is 0 Å². The van der Waals surface area contributed by atoms with Gasteiger partial charge in [-0.3, -0.25) is 34.2 Å². The normalized spacial score (nSPS) is 14.2. The highest BCUT2D eigenvalue weighted by molar-refractivity contribution is 5.93. The summed E-state index contributed by atoms with van der Waals surface area (Å²) in [6, 6.07) is 5.20. The van der Waals surface area contributed by atoms with Crippen LogP contribution < -0.4 is 21.3 Å². The van der Waals surface area contributed by atoms with Gasteiger partial charge in [0.15, 0.2) is 0 Å². The van der Waals surface area contributed by atoms with E-state index in [4.69, 9.17) is 9.47 Å². The van der Waals surface area contributed by atoms with E-state index in [1.54, 1.807) is 18.2 Å². The van der Waals surface area contributed by atoms with E-state index >= 15 is 0 Å². The van der Waals surface area contributed by atoms with Crippen LogP contribution in [0.1, 0.15) is 74.2 Å². The van der Waals surface area contributed by atoms with Crippen LogP contribution in [-0.4, -0.2) is 94.5 Å². The lowest BCUT2D eigenvalue weighted by Gasteiger charge is -2.26. The number of hydrogen-bond donors (Lipinski definition) is 4. The number of amides is 4. The first-order valence-electron chi connectivity index (χ1n) is 15.3. The molecule has 240 valence electrons. The Balaban J connectivity index is 1.59. The lowest BCUT2D eigenvalue weighted by molar-refractivity contribution is -0.127. The molecule has 0 spiro atoms. The van der Waals surface area contributed by atoms with E-state index < -0.39 is 0 Å². The highest BCUT2D eigenvalue weighted by atomic mass is 16.5. The molecule has 12 heteroatoms. The van der Waals surface area contributed by atoms with Gasteiger partial charge in [-0.2, -0.15) is 0 Å². The van der Waals surface area contributed by atoms with Crippen LogP contribution in [0.3, 0.4) is 0 Å². The summed E-state index contributed by atoms with van der Waals surface area (Å²) in [7, 11) is 1.88. The number of carbonyl (C=O) groups is 5. The van der Waals surface area contributed by atoms with Crippen molar-refractivity contribution in [3.63, 3.8) is 0 Å². The second kappa shape index (κ2) is 21.5. The van der Waals surface area contributed by atoms with E-state index in [0.717, 1.165) is 32.0 Å². The van der Waals surface area contributed by atoms with Gasteiger partial charge < -0.3 is 25.4 Å². The molecule has 0 bridgehead atoms. The van der Waals surface area contributed by atoms with Crippen LogP contribution in [0.5, 0.6) is 0 Å². The number of nitrogens with one attached hydrogen (secondary N) is 4. The van der Waals surface area contributed by atoms with E-state index in [1.807, 2.05) is 18.9 Å². The van der Waals surface area contributed by atoms with Crippen molar-refractivity contribution < 1.29 is 33.4 Å². The molecule has 1 fully saturated rings. The Morgan fingerprint density at radius 2 is 1.67 bits per heavy atom. The first-order valence-corrected chi connectivity index (χ1v) is 15.3. The number of imide groups is 1. The van der Waals surface area contributed by atoms with Gasteiger partial charge in [0.1, 0.15) is 6.29 Å². The molecule has 0 saturated heterocycles. The van der Waals surface area contributed by atoms with Crippen molar-refractivity contribution in [3.05, 3.63) is 29.3 Å². The first kappa shape index (κ1) is 36.0. The summed E-state index contributed by atoms with van der Waals surface area (Å²) in [6.45, 7) is 5.77. The average Bonchev–Trinajstić information content (AvgIpc) is 3.01. The van der Waals surface area contributed by atoms with Gasteiger partial charge in [-0.1, -0.05) is 31.4 Å². The van der Waals surface area contributed by atoms with Gasteiger partial charge in [-0.05, 0) is 39.3 Å². The summed E-state index contributed by atoms with van der Waals surface area (Å²) in [6.07, 6.45) is 7.61. The number of nitrogens with zero attached hydrogens (tertiary/aromatic N) is 1.